The van der Waals surface area contributed by atoms with Crippen molar-refractivity contribution in [3.8, 4) is 0 Å². The Bertz CT molecular complexity index is 486. The molecule has 0 aliphatic carbocycles. The maximum Gasteiger partial charge on any atom is 0.303 e. The van der Waals surface area contributed by atoms with E-state index in [2.05, 4.69) is 31.0 Å². The molecular weight excluding hydrogens is 262 g/mol. The van der Waals surface area contributed by atoms with E-state index in [0.29, 0.717) is 6.42 Å². The summed E-state index contributed by atoms with van der Waals surface area (Å²) in [7, 11) is 0. The van der Waals surface area contributed by atoms with Crippen LogP contribution in [0.2, 0.25) is 0 Å². The summed E-state index contributed by atoms with van der Waals surface area (Å²) in [5.74, 6) is 0.114. The van der Waals surface area contributed by atoms with Gasteiger partial charge in [-0.3, -0.25) is 4.79 Å². The van der Waals surface area contributed by atoms with Crippen molar-refractivity contribution in [2.75, 3.05) is 0 Å². The Labute approximate surface area is 127 Å². The van der Waals surface area contributed by atoms with Crippen molar-refractivity contribution in [3.05, 3.63) is 36.7 Å². The lowest BCUT2D eigenvalue weighted by molar-refractivity contribution is -0.137. The fourth-order valence-electron chi connectivity index (χ4n) is 2.18. The van der Waals surface area contributed by atoms with E-state index < -0.39 is 5.97 Å². The van der Waals surface area contributed by atoms with Crippen LogP contribution in [0.25, 0.3) is 10.8 Å². The van der Waals surface area contributed by atoms with Crippen molar-refractivity contribution < 1.29 is 9.90 Å². The highest BCUT2D eigenvalue weighted by Crippen LogP contribution is 2.11. The number of carboxylic acid groups (broad SMARTS) is 1. The van der Waals surface area contributed by atoms with Gasteiger partial charge in [-0.05, 0) is 23.1 Å². The number of benzene rings is 1. The molecule has 0 bridgehead atoms. The van der Waals surface area contributed by atoms with Crippen LogP contribution in [0.5, 0.6) is 0 Å². The monoisotopic (exact) mass is 289 g/mol. The van der Waals surface area contributed by atoms with Crippen LogP contribution in [0.1, 0.15) is 52.4 Å². The Balaban J connectivity index is 0.000000216. The van der Waals surface area contributed by atoms with Gasteiger partial charge in [-0.15, -0.1) is 0 Å². The number of H-pyrrole nitrogens is 1. The number of aliphatic carboxylic acids is 1. The molecule has 0 saturated heterocycles. The molecule has 2 aromatic rings. The Morgan fingerprint density at radius 3 is 2.14 bits per heavy atom. The number of rotatable bonds is 7. The van der Waals surface area contributed by atoms with Gasteiger partial charge in [-0.25, -0.2) is 0 Å². The standard InChI is InChI=1S/C10H20O2.C8H7N/c1-9(2)7-5-3-4-6-8-10(11)12;1-2-4-8-6-9-5-7(8)3-1/h9H,3-8H2,1-2H3,(H,11,12);1-6,9H. The molecule has 0 aliphatic heterocycles. The largest absolute Gasteiger partial charge is 0.481 e. The third-order valence-electron chi connectivity index (χ3n) is 3.40. The van der Waals surface area contributed by atoms with E-state index in [1.165, 1.54) is 30.0 Å². The molecule has 0 unspecified atom stereocenters. The number of unbranched alkanes of at least 4 members (excludes halogenated alkanes) is 3. The first kappa shape index (κ1) is 17.3. The zero-order valence-electron chi connectivity index (χ0n) is 13.1. The first-order valence-electron chi connectivity index (χ1n) is 7.83. The number of nitrogens with one attached hydrogen (secondary N) is 1. The molecule has 3 heteroatoms. The first-order valence-corrected chi connectivity index (χ1v) is 7.83. The first-order chi connectivity index (χ1) is 10.1. The summed E-state index contributed by atoms with van der Waals surface area (Å²) in [6.45, 7) is 4.44. The van der Waals surface area contributed by atoms with Crippen molar-refractivity contribution in [1.82, 2.24) is 4.98 Å². The lowest BCUT2D eigenvalue weighted by Crippen LogP contribution is -1.94. The van der Waals surface area contributed by atoms with Gasteiger partial charge in [-0.1, -0.05) is 63.8 Å². The third kappa shape index (κ3) is 8.18. The zero-order chi connectivity index (χ0) is 15.5. The van der Waals surface area contributed by atoms with Gasteiger partial charge < -0.3 is 10.1 Å². The van der Waals surface area contributed by atoms with Gasteiger partial charge in [0.25, 0.3) is 0 Å². The van der Waals surface area contributed by atoms with E-state index in [9.17, 15) is 4.79 Å². The van der Waals surface area contributed by atoms with Crippen molar-refractivity contribution in [2.45, 2.75) is 52.4 Å². The molecule has 1 aromatic heterocycles. The Hall–Kier alpha value is -1.77. The quantitative estimate of drug-likeness (QED) is 0.685. The number of aromatic nitrogens is 1. The van der Waals surface area contributed by atoms with E-state index in [1.54, 1.807) is 0 Å². The topological polar surface area (TPSA) is 53.1 Å². The molecule has 1 heterocycles. The average Bonchev–Trinajstić information content (AvgIpc) is 2.91. The Morgan fingerprint density at radius 2 is 1.62 bits per heavy atom. The minimum atomic E-state index is -0.668. The molecule has 0 radical (unpaired) electrons. The SMILES string of the molecule is CC(C)CCCCCCC(=O)O.c1ccc2c[nH]cc2c1. The molecule has 116 valence electrons. The maximum atomic E-state index is 10.1. The van der Waals surface area contributed by atoms with E-state index in [-0.39, 0.29) is 0 Å². The number of carboxylic acids is 1. The van der Waals surface area contributed by atoms with Gasteiger partial charge >= 0.3 is 5.97 Å². The molecule has 0 amide bonds. The molecule has 1 aromatic carbocycles. The maximum absolute atomic E-state index is 10.1. The molecule has 3 nitrogen and oxygen atoms in total. The second-order valence-corrected chi connectivity index (χ2v) is 5.82. The molecule has 0 spiro atoms. The number of carbonyl (C=O) groups is 1. The van der Waals surface area contributed by atoms with Gasteiger partial charge in [0.15, 0.2) is 0 Å². The average molecular weight is 289 g/mol. The summed E-state index contributed by atoms with van der Waals surface area (Å²) >= 11 is 0. The van der Waals surface area contributed by atoms with Crippen LogP contribution < -0.4 is 0 Å². The van der Waals surface area contributed by atoms with E-state index in [1.807, 2.05) is 24.5 Å². The van der Waals surface area contributed by atoms with Crippen LogP contribution in [-0.2, 0) is 4.79 Å². The molecule has 0 fully saturated rings. The molecule has 0 saturated carbocycles. The summed E-state index contributed by atoms with van der Waals surface area (Å²) in [5.41, 5.74) is 0. The second kappa shape index (κ2) is 10.0. The van der Waals surface area contributed by atoms with Crippen LogP contribution in [0.4, 0.5) is 0 Å². The number of fused-ring (bicyclic) bond motifs is 1. The smallest absolute Gasteiger partial charge is 0.303 e. The van der Waals surface area contributed by atoms with Crippen LogP contribution in [0.3, 0.4) is 0 Å². The fraction of sp³-hybridized carbons (Fsp3) is 0.500. The zero-order valence-corrected chi connectivity index (χ0v) is 13.1. The summed E-state index contributed by atoms with van der Waals surface area (Å²) in [6.07, 6.45) is 9.94. The summed E-state index contributed by atoms with van der Waals surface area (Å²) in [6, 6.07) is 8.25. The normalized spacial score (nSPS) is 10.4. The summed E-state index contributed by atoms with van der Waals surface area (Å²) < 4.78 is 0. The number of hydrogen-bond acceptors (Lipinski definition) is 1. The molecule has 0 atom stereocenters. The second-order valence-electron chi connectivity index (χ2n) is 5.82. The molecular formula is C18H27NO2. The fourth-order valence-corrected chi connectivity index (χ4v) is 2.18. The molecule has 21 heavy (non-hydrogen) atoms. The van der Waals surface area contributed by atoms with E-state index >= 15 is 0 Å². The lowest BCUT2D eigenvalue weighted by Gasteiger charge is -2.02. The number of hydrogen-bond donors (Lipinski definition) is 2. The minimum Gasteiger partial charge on any atom is -0.481 e. The number of aromatic amines is 1. The Morgan fingerprint density at radius 1 is 1.05 bits per heavy atom. The summed E-state index contributed by atoms with van der Waals surface area (Å²) in [4.78, 5) is 13.2. The van der Waals surface area contributed by atoms with Gasteiger partial charge in [0.1, 0.15) is 0 Å². The van der Waals surface area contributed by atoms with E-state index in [4.69, 9.17) is 5.11 Å². The van der Waals surface area contributed by atoms with Crippen molar-refractivity contribution in [3.63, 3.8) is 0 Å². The van der Waals surface area contributed by atoms with Crippen LogP contribution >= 0.6 is 0 Å². The van der Waals surface area contributed by atoms with E-state index in [0.717, 1.165) is 18.8 Å². The Kier molecular flexibility index (Phi) is 8.25. The molecule has 2 rings (SSSR count). The lowest BCUT2D eigenvalue weighted by atomic mass is 10.0. The highest BCUT2D eigenvalue weighted by molar-refractivity contribution is 5.81. The van der Waals surface area contributed by atoms with Gasteiger partial charge in [-0.2, -0.15) is 0 Å². The van der Waals surface area contributed by atoms with Gasteiger partial charge in [0.2, 0.25) is 0 Å². The highest BCUT2D eigenvalue weighted by atomic mass is 16.4. The predicted octanol–water partition coefficient (Wildman–Crippen LogP) is 5.24. The van der Waals surface area contributed by atoms with Crippen LogP contribution in [-0.4, -0.2) is 16.1 Å². The van der Waals surface area contributed by atoms with Crippen molar-refractivity contribution >= 4 is 16.7 Å². The van der Waals surface area contributed by atoms with Gasteiger partial charge in [0, 0.05) is 18.8 Å². The van der Waals surface area contributed by atoms with Gasteiger partial charge in [0.05, 0.1) is 0 Å². The predicted molar refractivity (Wildman–Crippen MR) is 88.5 cm³/mol. The minimum absolute atomic E-state index is 0.335. The molecule has 2 N–H and O–H groups in total. The summed E-state index contributed by atoms with van der Waals surface area (Å²) in [5, 5.41) is 10.9. The van der Waals surface area contributed by atoms with Crippen LogP contribution in [0, 0.1) is 5.92 Å². The molecule has 0 aliphatic rings. The van der Waals surface area contributed by atoms with Crippen molar-refractivity contribution in [2.24, 2.45) is 5.92 Å². The van der Waals surface area contributed by atoms with Crippen LogP contribution in [0.15, 0.2) is 36.7 Å². The van der Waals surface area contributed by atoms with Crippen molar-refractivity contribution in [1.29, 1.82) is 0 Å². The highest BCUT2D eigenvalue weighted by Gasteiger charge is 1.97. The third-order valence-corrected chi connectivity index (χ3v) is 3.40.